The van der Waals surface area contributed by atoms with Crippen LogP contribution in [0.4, 0.5) is 10.1 Å². The molecule has 0 aliphatic carbocycles. The molecule has 1 N–H and O–H groups in total. The lowest BCUT2D eigenvalue weighted by atomic mass is 10.1. The van der Waals surface area contributed by atoms with Crippen LogP contribution >= 0.6 is 0 Å². The standard InChI is InChI=1S/C23H28FN3O5S/c1-4-26(5-2)33(30,31)19-9-7-18(8-10-19)27-15-17(13-22(27)28)23(29)25-14-16-6-11-21(32-3)20(24)12-16/h6-12,17H,4-5,13-15H2,1-3H3,(H,25,29). The first-order valence-corrected chi connectivity index (χ1v) is 12.2. The normalized spacial score (nSPS) is 16.3. The highest BCUT2D eigenvalue weighted by atomic mass is 32.2. The van der Waals surface area contributed by atoms with Crippen LogP contribution in [0.5, 0.6) is 5.75 Å². The minimum Gasteiger partial charge on any atom is -0.494 e. The van der Waals surface area contributed by atoms with Gasteiger partial charge in [0.2, 0.25) is 21.8 Å². The van der Waals surface area contributed by atoms with E-state index in [1.54, 1.807) is 32.0 Å². The molecule has 1 heterocycles. The molecule has 2 aromatic rings. The van der Waals surface area contributed by atoms with E-state index in [1.807, 2.05) is 0 Å². The number of halogens is 1. The number of rotatable bonds is 9. The molecule has 3 rings (SSSR count). The average molecular weight is 478 g/mol. The summed E-state index contributed by atoms with van der Waals surface area (Å²) in [6.45, 7) is 4.59. The molecule has 1 aliphatic rings. The summed E-state index contributed by atoms with van der Waals surface area (Å²) in [5.74, 6) is -1.47. The van der Waals surface area contributed by atoms with Crippen molar-refractivity contribution in [2.45, 2.75) is 31.7 Å². The molecule has 10 heteroatoms. The largest absolute Gasteiger partial charge is 0.494 e. The highest BCUT2D eigenvalue weighted by molar-refractivity contribution is 7.89. The number of sulfonamides is 1. The van der Waals surface area contributed by atoms with Gasteiger partial charge >= 0.3 is 0 Å². The lowest BCUT2D eigenvalue weighted by Crippen LogP contribution is -2.32. The van der Waals surface area contributed by atoms with Gasteiger partial charge in [0.25, 0.3) is 0 Å². The van der Waals surface area contributed by atoms with Crippen molar-refractivity contribution in [2.75, 3.05) is 31.6 Å². The summed E-state index contributed by atoms with van der Waals surface area (Å²) < 4.78 is 45.3. The van der Waals surface area contributed by atoms with E-state index in [0.717, 1.165) is 0 Å². The quantitative estimate of drug-likeness (QED) is 0.599. The number of nitrogens with zero attached hydrogens (tertiary/aromatic N) is 2. The molecule has 33 heavy (non-hydrogen) atoms. The fraction of sp³-hybridized carbons (Fsp3) is 0.391. The Kier molecular flexibility index (Phi) is 7.70. The number of amides is 2. The van der Waals surface area contributed by atoms with Gasteiger partial charge in [-0.05, 0) is 42.0 Å². The highest BCUT2D eigenvalue weighted by Gasteiger charge is 2.35. The Balaban J connectivity index is 1.64. The molecule has 0 saturated carbocycles. The fourth-order valence-electron chi connectivity index (χ4n) is 3.80. The van der Waals surface area contributed by atoms with Crippen LogP contribution in [0.25, 0.3) is 0 Å². The highest BCUT2D eigenvalue weighted by Crippen LogP contribution is 2.27. The van der Waals surface area contributed by atoms with Crippen molar-refractivity contribution in [3.05, 3.63) is 53.8 Å². The molecule has 1 saturated heterocycles. The van der Waals surface area contributed by atoms with Gasteiger partial charge in [-0.2, -0.15) is 4.31 Å². The van der Waals surface area contributed by atoms with Gasteiger partial charge in [-0.1, -0.05) is 19.9 Å². The number of ether oxygens (including phenoxy) is 1. The van der Waals surface area contributed by atoms with Crippen LogP contribution < -0.4 is 15.0 Å². The van der Waals surface area contributed by atoms with Crippen LogP contribution in [-0.2, 0) is 26.2 Å². The third kappa shape index (κ3) is 5.33. The second kappa shape index (κ2) is 10.3. The first-order valence-electron chi connectivity index (χ1n) is 10.7. The van der Waals surface area contributed by atoms with Crippen molar-refractivity contribution >= 4 is 27.5 Å². The maximum Gasteiger partial charge on any atom is 0.243 e. The van der Waals surface area contributed by atoms with Crippen molar-refractivity contribution in [1.29, 1.82) is 0 Å². The van der Waals surface area contributed by atoms with Crippen LogP contribution in [0, 0.1) is 11.7 Å². The van der Waals surface area contributed by atoms with Crippen LogP contribution in [0.1, 0.15) is 25.8 Å². The lowest BCUT2D eigenvalue weighted by Gasteiger charge is -2.20. The summed E-state index contributed by atoms with van der Waals surface area (Å²) in [4.78, 5) is 26.7. The average Bonchev–Trinajstić information content (AvgIpc) is 3.20. The number of carbonyl (C=O) groups is 2. The first-order chi connectivity index (χ1) is 15.7. The molecule has 1 fully saturated rings. The molecule has 178 valence electrons. The van der Waals surface area contributed by atoms with Gasteiger partial charge in [-0.3, -0.25) is 9.59 Å². The predicted molar refractivity (Wildman–Crippen MR) is 122 cm³/mol. The van der Waals surface area contributed by atoms with Gasteiger partial charge in [-0.25, -0.2) is 12.8 Å². The van der Waals surface area contributed by atoms with Crippen LogP contribution in [-0.4, -0.2) is 51.3 Å². The number of carbonyl (C=O) groups excluding carboxylic acids is 2. The van der Waals surface area contributed by atoms with Crippen LogP contribution in [0.15, 0.2) is 47.4 Å². The molecular formula is C23H28FN3O5S. The van der Waals surface area contributed by atoms with Gasteiger partial charge in [0.1, 0.15) is 0 Å². The van der Waals surface area contributed by atoms with Crippen LogP contribution in [0.2, 0.25) is 0 Å². The van der Waals surface area contributed by atoms with Gasteiger partial charge < -0.3 is 15.0 Å². The molecule has 0 spiro atoms. The van der Waals surface area contributed by atoms with Gasteiger partial charge in [-0.15, -0.1) is 0 Å². The van der Waals surface area contributed by atoms with Crippen molar-refractivity contribution in [3.8, 4) is 5.75 Å². The molecule has 0 bridgehead atoms. The van der Waals surface area contributed by atoms with E-state index < -0.39 is 21.8 Å². The van der Waals surface area contributed by atoms with Crippen molar-refractivity contribution in [2.24, 2.45) is 5.92 Å². The summed E-state index contributed by atoms with van der Waals surface area (Å²) in [5.41, 5.74) is 1.11. The van der Waals surface area contributed by atoms with Crippen molar-refractivity contribution < 1.29 is 27.1 Å². The predicted octanol–water partition coefficient (Wildman–Crippen LogP) is 2.53. The van der Waals surface area contributed by atoms with E-state index >= 15 is 0 Å². The smallest absolute Gasteiger partial charge is 0.243 e. The number of hydrogen-bond acceptors (Lipinski definition) is 5. The molecule has 0 radical (unpaired) electrons. The molecule has 1 atom stereocenters. The summed E-state index contributed by atoms with van der Waals surface area (Å²) in [5, 5.41) is 2.74. The number of nitrogens with one attached hydrogen (secondary N) is 1. The van der Waals surface area contributed by atoms with E-state index in [-0.39, 0.29) is 42.0 Å². The third-order valence-corrected chi connectivity index (χ3v) is 7.73. The second-order valence-corrected chi connectivity index (χ2v) is 9.61. The minimum absolute atomic E-state index is 0.0440. The first kappa shape index (κ1) is 24.7. The summed E-state index contributed by atoms with van der Waals surface area (Å²) in [6.07, 6.45) is 0.0440. The zero-order valence-corrected chi connectivity index (χ0v) is 19.7. The number of hydrogen-bond donors (Lipinski definition) is 1. The molecule has 0 aromatic heterocycles. The summed E-state index contributed by atoms with van der Waals surface area (Å²) in [7, 11) is -2.21. The van der Waals surface area contributed by atoms with Gasteiger partial charge in [0.05, 0.1) is 17.9 Å². The van der Waals surface area contributed by atoms with E-state index in [2.05, 4.69) is 5.32 Å². The number of methoxy groups -OCH3 is 1. The van der Waals surface area contributed by atoms with E-state index in [1.165, 1.54) is 40.6 Å². The maximum atomic E-state index is 13.8. The van der Waals surface area contributed by atoms with E-state index in [9.17, 15) is 22.4 Å². The Morgan fingerprint density at radius 3 is 2.42 bits per heavy atom. The zero-order chi connectivity index (χ0) is 24.2. The fourth-order valence-corrected chi connectivity index (χ4v) is 5.25. The lowest BCUT2D eigenvalue weighted by molar-refractivity contribution is -0.126. The second-order valence-electron chi connectivity index (χ2n) is 7.68. The van der Waals surface area contributed by atoms with Crippen molar-refractivity contribution in [1.82, 2.24) is 9.62 Å². The molecule has 8 nitrogen and oxygen atoms in total. The Hall–Kier alpha value is -2.98. The Labute approximate surface area is 193 Å². The zero-order valence-electron chi connectivity index (χ0n) is 18.9. The molecule has 2 aromatic carbocycles. The molecule has 1 aliphatic heterocycles. The monoisotopic (exact) mass is 477 g/mol. The number of anilines is 1. The Bertz CT molecular complexity index is 1120. The SMILES string of the molecule is CCN(CC)S(=O)(=O)c1ccc(N2CC(C(=O)NCc3ccc(OC)c(F)c3)CC2=O)cc1. The Morgan fingerprint density at radius 1 is 1.18 bits per heavy atom. The number of benzene rings is 2. The topological polar surface area (TPSA) is 96.0 Å². The van der Waals surface area contributed by atoms with Gasteiger partial charge in [0, 0.05) is 38.3 Å². The minimum atomic E-state index is -3.59. The summed E-state index contributed by atoms with van der Waals surface area (Å²) >= 11 is 0. The summed E-state index contributed by atoms with van der Waals surface area (Å²) in [6, 6.07) is 10.5. The third-order valence-electron chi connectivity index (χ3n) is 5.67. The van der Waals surface area contributed by atoms with Crippen molar-refractivity contribution in [3.63, 3.8) is 0 Å². The van der Waals surface area contributed by atoms with Crippen LogP contribution in [0.3, 0.4) is 0 Å². The van der Waals surface area contributed by atoms with E-state index in [4.69, 9.17) is 4.74 Å². The molecule has 1 unspecified atom stereocenters. The molecule has 2 amide bonds. The molecular weight excluding hydrogens is 449 g/mol. The Morgan fingerprint density at radius 2 is 1.85 bits per heavy atom. The van der Waals surface area contributed by atoms with E-state index in [0.29, 0.717) is 24.3 Å². The van der Waals surface area contributed by atoms with Gasteiger partial charge in [0.15, 0.2) is 11.6 Å². The maximum absolute atomic E-state index is 13.8.